The number of carboxylic acid groups (broad SMARTS) is 1. The fourth-order valence-electron chi connectivity index (χ4n) is 7.18. The number of ether oxygens (including phenoxy) is 2. The van der Waals surface area contributed by atoms with Crippen LogP contribution in [-0.2, 0) is 13.6 Å². The molecule has 3 aromatic heterocycles. The Morgan fingerprint density at radius 3 is 2.42 bits per heavy atom. The lowest BCUT2D eigenvalue weighted by molar-refractivity contribution is 0.200. The van der Waals surface area contributed by atoms with Gasteiger partial charge in [0.05, 0.1) is 37.4 Å². The van der Waals surface area contributed by atoms with Gasteiger partial charge in [-0.2, -0.15) is 5.10 Å². The maximum absolute atomic E-state index is 15.2. The summed E-state index contributed by atoms with van der Waals surface area (Å²) in [6.07, 6.45) is 1.91. The van der Waals surface area contributed by atoms with Gasteiger partial charge in [0.25, 0.3) is 8.32 Å². The zero-order chi connectivity index (χ0) is 30.8. The van der Waals surface area contributed by atoms with Crippen molar-refractivity contribution in [3.8, 4) is 28.5 Å². The summed E-state index contributed by atoms with van der Waals surface area (Å²) in [5.74, 6) is 0.892. The van der Waals surface area contributed by atoms with E-state index in [1.54, 1.807) is 27.4 Å². The number of halogens is 1. The van der Waals surface area contributed by atoms with Crippen molar-refractivity contribution in [1.29, 1.82) is 0 Å². The van der Waals surface area contributed by atoms with Gasteiger partial charge in [-0.1, -0.05) is 41.5 Å². The Hall–Kier alpha value is -4.13. The maximum atomic E-state index is 15.2. The van der Waals surface area contributed by atoms with Crippen LogP contribution in [0.5, 0.6) is 17.2 Å². The Morgan fingerprint density at radius 2 is 1.77 bits per heavy atom. The third-order valence-electron chi connectivity index (χ3n) is 9.02. The summed E-state index contributed by atoms with van der Waals surface area (Å²) in [4.78, 5) is 13.8. The Bertz CT molecular complexity index is 1690. The summed E-state index contributed by atoms with van der Waals surface area (Å²) in [6.45, 7) is 13.6. The van der Waals surface area contributed by atoms with Gasteiger partial charge in [0, 0.05) is 18.2 Å². The van der Waals surface area contributed by atoms with E-state index in [1.807, 2.05) is 7.05 Å². The van der Waals surface area contributed by atoms with Gasteiger partial charge in [-0.3, -0.25) is 14.0 Å². The van der Waals surface area contributed by atoms with Crippen LogP contribution in [-0.4, -0.2) is 57.1 Å². The van der Waals surface area contributed by atoms with Gasteiger partial charge in [-0.15, -0.1) is 10.2 Å². The molecule has 0 saturated heterocycles. The molecule has 1 N–H and O–H groups in total. The highest BCUT2D eigenvalue weighted by Crippen LogP contribution is 2.47. The van der Waals surface area contributed by atoms with Crippen molar-refractivity contribution in [2.24, 2.45) is 7.05 Å². The first-order valence-electron chi connectivity index (χ1n) is 14.6. The highest BCUT2D eigenvalue weighted by atomic mass is 28.4. The average Bonchev–Trinajstić information content (AvgIpc) is 3.68. The number of pyridine rings is 1. The fourth-order valence-corrected chi connectivity index (χ4v) is 12.4. The molecule has 228 valence electrons. The maximum Gasteiger partial charge on any atom is 0.413 e. The van der Waals surface area contributed by atoms with Gasteiger partial charge in [0.2, 0.25) is 0 Å². The summed E-state index contributed by atoms with van der Waals surface area (Å²) in [5.41, 5.74) is 3.62. The smallest absolute Gasteiger partial charge is 0.413 e. The van der Waals surface area contributed by atoms with Crippen LogP contribution in [0.25, 0.3) is 16.9 Å². The number of nitrogens with zero attached hydrogens (tertiary/aromatic N) is 6. The van der Waals surface area contributed by atoms with Crippen molar-refractivity contribution in [3.05, 3.63) is 47.7 Å². The molecule has 0 unspecified atom stereocenters. The molecule has 2 aliphatic heterocycles. The van der Waals surface area contributed by atoms with E-state index >= 15 is 4.39 Å². The topological polar surface area (TPSA) is 116 Å². The second-order valence-electron chi connectivity index (χ2n) is 12.3. The molecule has 1 aromatic carbocycles. The van der Waals surface area contributed by atoms with Crippen LogP contribution in [0.4, 0.5) is 15.0 Å². The number of aromatic nitrogens is 5. The summed E-state index contributed by atoms with van der Waals surface area (Å²) < 4.78 is 37.9. The van der Waals surface area contributed by atoms with Gasteiger partial charge in [0.15, 0.2) is 23.0 Å². The van der Waals surface area contributed by atoms with Gasteiger partial charge in [-0.05, 0) is 34.8 Å². The van der Waals surface area contributed by atoms with Crippen molar-refractivity contribution in [2.45, 2.75) is 70.6 Å². The number of hydrogen-bond donors (Lipinski definition) is 1. The Morgan fingerprint density at radius 1 is 1.09 bits per heavy atom. The highest BCUT2D eigenvalue weighted by Gasteiger charge is 2.48. The quantitative estimate of drug-likeness (QED) is 0.251. The lowest BCUT2D eigenvalue weighted by atomic mass is 9.95. The Balaban J connectivity index is 1.55. The van der Waals surface area contributed by atoms with E-state index in [1.165, 1.54) is 12.4 Å². The molecule has 0 radical (unpaired) electrons. The van der Waals surface area contributed by atoms with E-state index in [0.717, 1.165) is 4.90 Å². The number of amides is 1. The molecule has 6 rings (SSSR count). The highest BCUT2D eigenvalue weighted by molar-refractivity contribution is 6.78. The monoisotopic (exact) mass is 608 g/mol. The van der Waals surface area contributed by atoms with Crippen LogP contribution in [0.1, 0.15) is 58.6 Å². The standard InChI is InChI=1S/C30H37FN6O5Si/c1-16(2)43(17(3)4,18(5)6)42-25-11-33-35(7)27(25)20-10-24-29(37-15-32-34-28(20)37)36(30(38)39)12-21-22(31)8-9-23-26(21)19(13-40-23)14-41-24/h8-11,15-19H,12-14H2,1-7H3,(H,38,39)/t19-/m0/s1. The van der Waals surface area contributed by atoms with E-state index in [2.05, 4.69) is 56.8 Å². The molecular weight excluding hydrogens is 571 g/mol. The molecule has 1 amide bonds. The largest absolute Gasteiger partial charge is 0.540 e. The molecule has 13 heteroatoms. The fraction of sp³-hybridized carbons (Fsp3) is 0.467. The third-order valence-corrected chi connectivity index (χ3v) is 15.0. The predicted molar refractivity (Wildman–Crippen MR) is 161 cm³/mol. The van der Waals surface area contributed by atoms with E-state index in [0.29, 0.717) is 62.9 Å². The molecule has 1 atom stereocenters. The van der Waals surface area contributed by atoms with Crippen molar-refractivity contribution >= 4 is 25.9 Å². The van der Waals surface area contributed by atoms with E-state index in [-0.39, 0.29) is 30.5 Å². The number of rotatable bonds is 6. The Labute approximate surface area is 250 Å². The van der Waals surface area contributed by atoms with Gasteiger partial charge in [0.1, 0.15) is 23.6 Å². The summed E-state index contributed by atoms with van der Waals surface area (Å²) >= 11 is 0. The minimum absolute atomic E-state index is 0.163. The number of aryl methyl sites for hydroxylation is 1. The van der Waals surface area contributed by atoms with E-state index in [9.17, 15) is 9.90 Å². The molecule has 43 heavy (non-hydrogen) atoms. The predicted octanol–water partition coefficient (Wildman–Crippen LogP) is 6.38. The molecule has 5 heterocycles. The van der Waals surface area contributed by atoms with Crippen molar-refractivity contribution in [1.82, 2.24) is 24.4 Å². The molecule has 2 aliphatic rings. The number of hydrogen-bond acceptors (Lipinski definition) is 7. The van der Waals surface area contributed by atoms with Gasteiger partial charge in [-0.25, -0.2) is 9.18 Å². The SMILES string of the molecule is CC(C)[Si](Oc1cnn(C)c1-c1cc2c(n3cnnc13)N(C(=O)O)Cc1c(F)ccc3c1[C@@H](CO3)CO2)(C(C)C)C(C)C. The molecule has 0 fully saturated rings. The lowest BCUT2D eigenvalue weighted by Gasteiger charge is -2.42. The first kappa shape index (κ1) is 29.0. The average molecular weight is 609 g/mol. The molecule has 4 aromatic rings. The minimum atomic E-state index is -2.36. The van der Waals surface area contributed by atoms with E-state index < -0.39 is 20.2 Å². The second kappa shape index (κ2) is 10.5. The molecule has 11 nitrogen and oxygen atoms in total. The molecular formula is C30H37FN6O5Si. The molecule has 0 spiro atoms. The normalized spacial score (nSPS) is 16.5. The van der Waals surface area contributed by atoms with Crippen LogP contribution < -0.4 is 18.8 Å². The van der Waals surface area contributed by atoms with Gasteiger partial charge < -0.3 is 19.0 Å². The van der Waals surface area contributed by atoms with Crippen LogP contribution >= 0.6 is 0 Å². The minimum Gasteiger partial charge on any atom is -0.540 e. The van der Waals surface area contributed by atoms with Crippen LogP contribution in [0, 0.1) is 5.82 Å². The molecule has 0 saturated carbocycles. The zero-order valence-electron chi connectivity index (χ0n) is 25.5. The molecule has 0 aliphatic carbocycles. The van der Waals surface area contributed by atoms with Crippen LogP contribution in [0.3, 0.4) is 0 Å². The van der Waals surface area contributed by atoms with Crippen LogP contribution in [0.15, 0.2) is 30.7 Å². The number of benzene rings is 1. The van der Waals surface area contributed by atoms with Crippen molar-refractivity contribution in [3.63, 3.8) is 0 Å². The second-order valence-corrected chi connectivity index (χ2v) is 17.7. The lowest BCUT2D eigenvalue weighted by Crippen LogP contribution is -2.50. The molecule has 0 bridgehead atoms. The van der Waals surface area contributed by atoms with Gasteiger partial charge >= 0.3 is 6.09 Å². The Kier molecular flexibility index (Phi) is 7.10. The van der Waals surface area contributed by atoms with Crippen LogP contribution in [0.2, 0.25) is 16.6 Å². The van der Waals surface area contributed by atoms with Crippen molar-refractivity contribution in [2.75, 3.05) is 18.1 Å². The number of anilines is 1. The third kappa shape index (κ3) is 4.43. The summed E-state index contributed by atoms with van der Waals surface area (Å²) in [7, 11) is -0.525. The first-order chi connectivity index (χ1) is 20.5. The summed E-state index contributed by atoms with van der Waals surface area (Å²) in [6, 6.07) is 4.66. The first-order valence-corrected chi connectivity index (χ1v) is 16.7. The number of carbonyl (C=O) groups is 1. The van der Waals surface area contributed by atoms with E-state index in [4.69, 9.17) is 13.9 Å². The zero-order valence-corrected chi connectivity index (χ0v) is 26.5. The summed E-state index contributed by atoms with van der Waals surface area (Å²) in [5, 5.41) is 23.5. The van der Waals surface area contributed by atoms with Crippen molar-refractivity contribution < 1.29 is 28.2 Å². The number of fused-ring (bicyclic) bond motifs is 3.